The number of hydrogen-bond donors (Lipinski definition) is 1. The number of nitrogens with zero attached hydrogens (tertiary/aromatic N) is 1. The van der Waals surface area contributed by atoms with Crippen LogP contribution in [0.1, 0.15) is 22.6 Å². The molecule has 2 N–H and O–H groups in total. The number of ether oxygens (including phenoxy) is 1. The van der Waals surface area contributed by atoms with Crippen LogP contribution < -0.4 is 10.5 Å². The highest BCUT2D eigenvalue weighted by Gasteiger charge is 2.08. The zero-order valence-corrected chi connectivity index (χ0v) is 11.1. The summed E-state index contributed by atoms with van der Waals surface area (Å²) in [4.78, 5) is 0. The summed E-state index contributed by atoms with van der Waals surface area (Å²) >= 11 is 5.96. The van der Waals surface area contributed by atoms with Gasteiger partial charge in [0.25, 0.3) is 0 Å². The first kappa shape index (κ1) is 12.9. The molecule has 0 amide bonds. The molecule has 0 radical (unpaired) electrons. The summed E-state index contributed by atoms with van der Waals surface area (Å²) in [6, 6.07) is 5.53. The zero-order chi connectivity index (χ0) is 13.1. The Morgan fingerprint density at radius 1 is 1.28 bits per heavy atom. The van der Waals surface area contributed by atoms with Crippen molar-refractivity contribution >= 4 is 11.6 Å². The third-order valence-electron chi connectivity index (χ3n) is 2.60. The molecule has 2 aromatic rings. The van der Waals surface area contributed by atoms with Gasteiger partial charge in [0.1, 0.15) is 12.4 Å². The monoisotopic (exact) mass is 266 g/mol. The third-order valence-corrected chi connectivity index (χ3v) is 2.82. The van der Waals surface area contributed by atoms with E-state index < -0.39 is 0 Å². The van der Waals surface area contributed by atoms with Crippen molar-refractivity contribution in [1.29, 1.82) is 0 Å². The summed E-state index contributed by atoms with van der Waals surface area (Å²) in [7, 11) is 0. The number of rotatable bonds is 4. The Labute approximate surface area is 111 Å². The smallest absolute Gasteiger partial charge is 0.174 e. The van der Waals surface area contributed by atoms with E-state index in [1.807, 2.05) is 26.0 Å². The standard InChI is InChI=1S/C13H15ClN2O2/c1-8-3-10(14)4-9(2)13(8)17-7-12-5-11(6-15)16-18-12/h3-5H,6-7,15H2,1-2H3. The predicted molar refractivity (Wildman–Crippen MR) is 69.7 cm³/mol. The molecule has 96 valence electrons. The predicted octanol–water partition coefficient (Wildman–Crippen LogP) is 2.98. The average Bonchev–Trinajstić information content (AvgIpc) is 2.75. The molecule has 0 saturated carbocycles. The van der Waals surface area contributed by atoms with Gasteiger partial charge in [-0.3, -0.25) is 0 Å². The molecule has 0 atom stereocenters. The lowest BCUT2D eigenvalue weighted by Gasteiger charge is -2.11. The summed E-state index contributed by atoms with van der Waals surface area (Å²) < 4.78 is 10.8. The lowest BCUT2D eigenvalue weighted by atomic mass is 10.1. The van der Waals surface area contributed by atoms with Gasteiger partial charge in [-0.2, -0.15) is 0 Å². The SMILES string of the molecule is Cc1cc(Cl)cc(C)c1OCc1cc(CN)no1. The second kappa shape index (κ2) is 5.42. The van der Waals surface area contributed by atoms with Crippen LogP contribution in [0.25, 0.3) is 0 Å². The molecule has 0 unspecified atom stereocenters. The zero-order valence-electron chi connectivity index (χ0n) is 10.4. The Morgan fingerprint density at radius 3 is 2.50 bits per heavy atom. The van der Waals surface area contributed by atoms with Crippen molar-refractivity contribution in [3.8, 4) is 5.75 Å². The number of hydrogen-bond acceptors (Lipinski definition) is 4. The van der Waals surface area contributed by atoms with Gasteiger partial charge in [0.2, 0.25) is 0 Å². The minimum atomic E-state index is 0.330. The Morgan fingerprint density at radius 2 is 1.94 bits per heavy atom. The van der Waals surface area contributed by atoms with E-state index in [1.165, 1.54) is 0 Å². The molecule has 1 aromatic heterocycles. The second-order valence-corrected chi connectivity index (χ2v) is 4.58. The highest BCUT2D eigenvalue weighted by atomic mass is 35.5. The first-order valence-electron chi connectivity index (χ1n) is 5.64. The number of halogens is 1. The van der Waals surface area contributed by atoms with Gasteiger partial charge < -0.3 is 15.0 Å². The summed E-state index contributed by atoms with van der Waals surface area (Å²) in [5.41, 5.74) is 8.18. The molecular formula is C13H15ClN2O2. The fourth-order valence-corrected chi connectivity index (χ4v) is 2.12. The molecule has 5 heteroatoms. The second-order valence-electron chi connectivity index (χ2n) is 4.15. The maximum Gasteiger partial charge on any atom is 0.174 e. The van der Waals surface area contributed by atoms with Crippen LogP contribution >= 0.6 is 11.6 Å². The largest absolute Gasteiger partial charge is 0.485 e. The quantitative estimate of drug-likeness (QED) is 0.924. The van der Waals surface area contributed by atoms with Gasteiger partial charge in [-0.25, -0.2) is 0 Å². The van der Waals surface area contributed by atoms with Crippen molar-refractivity contribution in [3.05, 3.63) is 45.8 Å². The Hall–Kier alpha value is -1.52. The summed E-state index contributed by atoms with van der Waals surface area (Å²) in [6.45, 7) is 4.61. The van der Waals surface area contributed by atoms with Crippen molar-refractivity contribution in [3.63, 3.8) is 0 Å². The molecule has 4 nitrogen and oxygen atoms in total. The van der Waals surface area contributed by atoms with E-state index >= 15 is 0 Å². The minimum Gasteiger partial charge on any atom is -0.485 e. The molecule has 0 bridgehead atoms. The molecule has 18 heavy (non-hydrogen) atoms. The van der Waals surface area contributed by atoms with E-state index in [1.54, 1.807) is 6.07 Å². The van der Waals surface area contributed by atoms with E-state index in [0.717, 1.165) is 22.6 Å². The first-order chi connectivity index (χ1) is 8.60. The van der Waals surface area contributed by atoms with E-state index in [2.05, 4.69) is 5.16 Å². The van der Waals surface area contributed by atoms with Gasteiger partial charge in [-0.15, -0.1) is 0 Å². The molecule has 1 aromatic carbocycles. The maximum atomic E-state index is 5.96. The van der Waals surface area contributed by atoms with Crippen LogP contribution in [0.15, 0.2) is 22.7 Å². The fraction of sp³-hybridized carbons (Fsp3) is 0.308. The maximum absolute atomic E-state index is 5.96. The average molecular weight is 267 g/mol. The molecule has 0 saturated heterocycles. The van der Waals surface area contributed by atoms with E-state index in [9.17, 15) is 0 Å². The summed E-state index contributed by atoms with van der Waals surface area (Å²) in [5, 5.41) is 4.52. The van der Waals surface area contributed by atoms with E-state index in [0.29, 0.717) is 23.9 Å². The number of benzene rings is 1. The topological polar surface area (TPSA) is 61.3 Å². The molecule has 1 heterocycles. The van der Waals surface area contributed by atoms with Crippen molar-refractivity contribution in [2.24, 2.45) is 5.73 Å². The molecule has 0 aliphatic rings. The Balaban J connectivity index is 2.10. The van der Waals surface area contributed by atoms with Crippen molar-refractivity contribution in [1.82, 2.24) is 5.16 Å². The van der Waals surface area contributed by atoms with Gasteiger partial charge in [0, 0.05) is 17.6 Å². The van der Waals surface area contributed by atoms with Crippen molar-refractivity contribution < 1.29 is 9.26 Å². The van der Waals surface area contributed by atoms with Crippen LogP contribution in [0.2, 0.25) is 5.02 Å². The molecule has 0 spiro atoms. The first-order valence-corrected chi connectivity index (χ1v) is 6.02. The number of aryl methyl sites for hydroxylation is 2. The van der Waals surface area contributed by atoms with Crippen LogP contribution in [-0.2, 0) is 13.2 Å². The van der Waals surface area contributed by atoms with Gasteiger partial charge in [-0.1, -0.05) is 16.8 Å². The Kier molecular flexibility index (Phi) is 3.89. The minimum absolute atomic E-state index is 0.330. The van der Waals surface area contributed by atoms with E-state index in [-0.39, 0.29) is 0 Å². The molecular weight excluding hydrogens is 252 g/mol. The lowest BCUT2D eigenvalue weighted by Crippen LogP contribution is -1.98. The number of aromatic nitrogens is 1. The van der Waals surface area contributed by atoms with Crippen LogP contribution in [0.3, 0.4) is 0 Å². The normalized spacial score (nSPS) is 10.7. The van der Waals surface area contributed by atoms with E-state index in [4.69, 9.17) is 26.6 Å². The molecule has 2 rings (SSSR count). The van der Waals surface area contributed by atoms with Crippen LogP contribution in [-0.4, -0.2) is 5.16 Å². The molecule has 0 fully saturated rings. The van der Waals surface area contributed by atoms with Crippen LogP contribution in [0, 0.1) is 13.8 Å². The van der Waals surface area contributed by atoms with Gasteiger partial charge in [0.05, 0.1) is 5.69 Å². The highest BCUT2D eigenvalue weighted by molar-refractivity contribution is 6.30. The van der Waals surface area contributed by atoms with Gasteiger partial charge in [0.15, 0.2) is 5.76 Å². The van der Waals surface area contributed by atoms with Crippen molar-refractivity contribution in [2.75, 3.05) is 0 Å². The van der Waals surface area contributed by atoms with Crippen molar-refractivity contribution in [2.45, 2.75) is 27.0 Å². The number of nitrogens with two attached hydrogens (primary N) is 1. The Bertz CT molecular complexity index is 529. The summed E-state index contributed by atoms with van der Waals surface area (Å²) in [6.07, 6.45) is 0. The van der Waals surface area contributed by atoms with Gasteiger partial charge >= 0.3 is 0 Å². The third kappa shape index (κ3) is 2.83. The van der Waals surface area contributed by atoms with Crippen LogP contribution in [0.4, 0.5) is 0 Å². The van der Waals surface area contributed by atoms with Crippen LogP contribution in [0.5, 0.6) is 5.75 Å². The highest BCUT2D eigenvalue weighted by Crippen LogP contribution is 2.27. The molecule has 0 aliphatic carbocycles. The fourth-order valence-electron chi connectivity index (χ4n) is 1.79. The lowest BCUT2D eigenvalue weighted by molar-refractivity contribution is 0.246. The van der Waals surface area contributed by atoms with Gasteiger partial charge in [-0.05, 0) is 37.1 Å². The molecule has 0 aliphatic heterocycles. The summed E-state index contributed by atoms with van der Waals surface area (Å²) in [5.74, 6) is 1.48.